The van der Waals surface area contributed by atoms with E-state index in [4.69, 9.17) is 4.74 Å². The van der Waals surface area contributed by atoms with E-state index in [-0.39, 0.29) is 29.3 Å². The highest BCUT2D eigenvalue weighted by atomic mass is 32.1. The summed E-state index contributed by atoms with van der Waals surface area (Å²) in [4.78, 5) is 42.8. The number of hydrogen-bond acceptors (Lipinski definition) is 7. The number of nitro benzene ring substituents is 1. The summed E-state index contributed by atoms with van der Waals surface area (Å²) < 4.78 is 5.33. The smallest absolute Gasteiger partial charge is 0.282 e. The molecule has 2 heterocycles. The third-order valence-corrected chi connectivity index (χ3v) is 6.08. The summed E-state index contributed by atoms with van der Waals surface area (Å²) in [5.41, 5.74) is 1.79. The first-order valence-corrected chi connectivity index (χ1v) is 10.8. The molecule has 2 aromatic carbocycles. The minimum Gasteiger partial charge on any atom is -0.380 e. The molecule has 9 heteroatoms. The van der Waals surface area contributed by atoms with E-state index in [1.807, 2.05) is 13.0 Å². The van der Waals surface area contributed by atoms with Crippen molar-refractivity contribution in [3.8, 4) is 0 Å². The van der Waals surface area contributed by atoms with E-state index >= 15 is 0 Å². The van der Waals surface area contributed by atoms with Gasteiger partial charge < -0.3 is 10.1 Å². The topological polar surface area (TPSA) is 111 Å². The van der Waals surface area contributed by atoms with Gasteiger partial charge in [-0.2, -0.15) is 0 Å². The third-order valence-electron chi connectivity index (χ3n) is 5.00. The average Bonchev–Trinajstić information content (AvgIpc) is 3.17. The molecule has 166 valence electrons. The Labute approximate surface area is 193 Å². The Kier molecular flexibility index (Phi) is 6.25. The first kappa shape index (κ1) is 22.3. The van der Waals surface area contributed by atoms with E-state index in [9.17, 15) is 19.7 Å². The highest BCUT2D eigenvalue weighted by molar-refractivity contribution is 7.21. The first-order valence-electron chi connectivity index (χ1n) is 9.97. The number of nitrogens with one attached hydrogen (secondary N) is 1. The SMILES string of the molecule is COCc1cc(C)nc2sc(C(=O)c3ccccc3)c(NC(=O)c3ccccc3[N+](=O)[O-])c12. The Bertz CT molecular complexity index is 1380. The Hall–Kier alpha value is -3.95. The number of pyridine rings is 1. The number of aryl methyl sites for hydroxylation is 1. The van der Waals surface area contributed by atoms with E-state index in [1.165, 1.54) is 18.2 Å². The number of ether oxygens (including phenoxy) is 1. The molecule has 0 spiro atoms. The number of aromatic nitrogens is 1. The molecule has 1 amide bonds. The molecule has 0 unspecified atom stereocenters. The molecule has 33 heavy (non-hydrogen) atoms. The summed E-state index contributed by atoms with van der Waals surface area (Å²) in [5, 5.41) is 14.8. The average molecular weight is 461 g/mol. The number of amides is 1. The lowest BCUT2D eigenvalue weighted by atomic mass is 10.1. The Morgan fingerprint density at radius 2 is 1.82 bits per heavy atom. The molecule has 0 aliphatic heterocycles. The summed E-state index contributed by atoms with van der Waals surface area (Å²) in [7, 11) is 1.55. The molecule has 4 rings (SSSR count). The molecule has 8 nitrogen and oxygen atoms in total. The van der Waals surface area contributed by atoms with E-state index < -0.39 is 10.8 Å². The maximum absolute atomic E-state index is 13.4. The number of hydrogen-bond donors (Lipinski definition) is 1. The number of ketones is 1. The van der Waals surface area contributed by atoms with Crippen molar-refractivity contribution in [1.82, 2.24) is 4.98 Å². The summed E-state index contributed by atoms with van der Waals surface area (Å²) in [6, 6.07) is 16.2. The van der Waals surface area contributed by atoms with Gasteiger partial charge in [0.25, 0.3) is 11.6 Å². The molecule has 0 aliphatic carbocycles. The third kappa shape index (κ3) is 4.36. The number of carbonyl (C=O) groups excluding carboxylic acids is 2. The van der Waals surface area contributed by atoms with Crippen LogP contribution in [0.2, 0.25) is 0 Å². The van der Waals surface area contributed by atoms with Crippen LogP contribution in [0.25, 0.3) is 10.2 Å². The Morgan fingerprint density at radius 3 is 2.52 bits per heavy atom. The van der Waals surface area contributed by atoms with Gasteiger partial charge in [-0.25, -0.2) is 4.98 Å². The molecular formula is C24H19N3O5S. The van der Waals surface area contributed by atoms with E-state index in [1.54, 1.807) is 43.5 Å². The number of methoxy groups -OCH3 is 1. The number of nitrogens with zero attached hydrogens (tertiary/aromatic N) is 2. The van der Waals surface area contributed by atoms with Crippen LogP contribution in [-0.2, 0) is 11.3 Å². The van der Waals surface area contributed by atoms with Crippen molar-refractivity contribution in [1.29, 1.82) is 0 Å². The van der Waals surface area contributed by atoms with Crippen LogP contribution in [0.1, 0.15) is 36.9 Å². The molecule has 1 N–H and O–H groups in total. The second kappa shape index (κ2) is 9.27. The number of anilines is 1. The van der Waals surface area contributed by atoms with Gasteiger partial charge in [-0.05, 0) is 24.6 Å². The number of thiophene rings is 1. The molecule has 0 radical (unpaired) electrons. The fraction of sp³-hybridized carbons (Fsp3) is 0.125. The second-order valence-electron chi connectivity index (χ2n) is 7.27. The van der Waals surface area contributed by atoms with Gasteiger partial charge in [0.15, 0.2) is 0 Å². The minimum absolute atomic E-state index is 0.103. The van der Waals surface area contributed by atoms with Crippen molar-refractivity contribution >= 4 is 44.6 Å². The number of fused-ring (bicyclic) bond motifs is 1. The Morgan fingerprint density at radius 1 is 1.12 bits per heavy atom. The molecule has 0 bridgehead atoms. The summed E-state index contributed by atoms with van der Waals surface area (Å²) in [6.07, 6.45) is 0. The van der Waals surface area contributed by atoms with Crippen LogP contribution in [0.4, 0.5) is 11.4 Å². The number of nitro groups is 1. The lowest BCUT2D eigenvalue weighted by molar-refractivity contribution is -0.385. The lowest BCUT2D eigenvalue weighted by Gasteiger charge is -2.10. The van der Waals surface area contributed by atoms with E-state index in [0.717, 1.165) is 22.6 Å². The van der Waals surface area contributed by atoms with E-state index in [2.05, 4.69) is 10.3 Å². The Balaban J connectivity index is 1.90. The standard InChI is InChI=1S/C24H19N3O5S/c1-14-12-16(13-32-2)19-20(26-23(29)17-10-6-7-11-18(17)27(30)31)22(33-24(19)25-14)21(28)15-8-4-3-5-9-15/h3-12H,13H2,1-2H3,(H,26,29). The van der Waals surface area contributed by atoms with Crippen molar-refractivity contribution in [3.63, 3.8) is 0 Å². The highest BCUT2D eigenvalue weighted by Crippen LogP contribution is 2.39. The van der Waals surface area contributed by atoms with Crippen molar-refractivity contribution in [3.05, 3.63) is 98.0 Å². The second-order valence-corrected chi connectivity index (χ2v) is 8.26. The maximum Gasteiger partial charge on any atom is 0.282 e. The summed E-state index contributed by atoms with van der Waals surface area (Å²) in [5.74, 6) is -0.967. The molecule has 0 saturated carbocycles. The van der Waals surface area contributed by atoms with Gasteiger partial charge in [0.05, 0.1) is 17.2 Å². The molecule has 0 aliphatic rings. The zero-order valence-corrected chi connectivity index (χ0v) is 18.6. The number of carbonyl (C=O) groups is 2. The maximum atomic E-state index is 13.4. The quantitative estimate of drug-likeness (QED) is 0.232. The number of para-hydroxylation sites is 1. The van der Waals surface area contributed by atoms with Gasteiger partial charge in [0.2, 0.25) is 5.78 Å². The van der Waals surface area contributed by atoms with Gasteiger partial charge in [0, 0.05) is 29.8 Å². The minimum atomic E-state index is -0.687. The normalized spacial score (nSPS) is 10.8. The first-order chi connectivity index (χ1) is 15.9. The van der Waals surface area contributed by atoms with Gasteiger partial charge in [0.1, 0.15) is 15.3 Å². The zero-order chi connectivity index (χ0) is 23.5. The van der Waals surface area contributed by atoms with Gasteiger partial charge >= 0.3 is 0 Å². The molecule has 0 fully saturated rings. The van der Waals surface area contributed by atoms with Gasteiger partial charge in [-0.15, -0.1) is 11.3 Å². The van der Waals surface area contributed by atoms with Crippen LogP contribution in [-0.4, -0.2) is 28.7 Å². The summed E-state index contributed by atoms with van der Waals surface area (Å²) >= 11 is 1.16. The fourth-order valence-corrected chi connectivity index (χ4v) is 4.77. The van der Waals surface area contributed by atoms with Gasteiger partial charge in [-0.3, -0.25) is 19.7 Å². The van der Waals surface area contributed by atoms with Crippen LogP contribution in [0.3, 0.4) is 0 Å². The molecular weight excluding hydrogens is 442 g/mol. The zero-order valence-electron chi connectivity index (χ0n) is 17.8. The predicted molar refractivity (Wildman–Crippen MR) is 126 cm³/mol. The predicted octanol–water partition coefficient (Wildman–Crippen LogP) is 5.14. The highest BCUT2D eigenvalue weighted by Gasteiger charge is 2.27. The monoisotopic (exact) mass is 461 g/mol. The lowest BCUT2D eigenvalue weighted by Crippen LogP contribution is -2.16. The van der Waals surface area contributed by atoms with Crippen molar-refractivity contribution in [2.24, 2.45) is 0 Å². The summed E-state index contributed by atoms with van der Waals surface area (Å²) in [6.45, 7) is 2.08. The van der Waals surface area contributed by atoms with E-state index in [0.29, 0.717) is 20.7 Å². The van der Waals surface area contributed by atoms with Crippen LogP contribution in [0.5, 0.6) is 0 Å². The molecule has 2 aromatic heterocycles. The van der Waals surface area contributed by atoms with Crippen molar-refractivity contribution in [2.45, 2.75) is 13.5 Å². The molecule has 4 aromatic rings. The van der Waals surface area contributed by atoms with Gasteiger partial charge in [-0.1, -0.05) is 42.5 Å². The van der Waals surface area contributed by atoms with Crippen molar-refractivity contribution < 1.29 is 19.2 Å². The van der Waals surface area contributed by atoms with Crippen LogP contribution in [0.15, 0.2) is 60.7 Å². The van der Waals surface area contributed by atoms with Crippen LogP contribution < -0.4 is 5.32 Å². The van der Waals surface area contributed by atoms with Crippen LogP contribution >= 0.6 is 11.3 Å². The van der Waals surface area contributed by atoms with Crippen LogP contribution in [0, 0.1) is 17.0 Å². The van der Waals surface area contributed by atoms with Crippen molar-refractivity contribution in [2.75, 3.05) is 12.4 Å². The molecule has 0 atom stereocenters. The number of benzene rings is 2. The number of rotatable bonds is 7. The molecule has 0 saturated heterocycles. The fourth-order valence-electron chi connectivity index (χ4n) is 3.59. The largest absolute Gasteiger partial charge is 0.380 e.